The molecule has 0 atom stereocenters. The Kier molecular flexibility index (Phi) is 5.41. The van der Waals surface area contributed by atoms with E-state index in [4.69, 9.17) is 0 Å². The summed E-state index contributed by atoms with van der Waals surface area (Å²) in [6, 6.07) is 20.7. The first kappa shape index (κ1) is 19.3. The summed E-state index contributed by atoms with van der Waals surface area (Å²) in [6.45, 7) is 4.49. The monoisotopic (exact) mass is 404 g/mol. The largest absolute Gasteiger partial charge is 0.283 e. The first-order valence-electron chi connectivity index (χ1n) is 9.47. The summed E-state index contributed by atoms with van der Waals surface area (Å²) in [7, 11) is 0. The van der Waals surface area contributed by atoms with Gasteiger partial charge in [0.1, 0.15) is 11.3 Å². The van der Waals surface area contributed by atoms with Gasteiger partial charge in [-0.2, -0.15) is 0 Å². The fourth-order valence-corrected chi connectivity index (χ4v) is 4.23. The minimum absolute atomic E-state index is 0.0587. The number of rotatable bonds is 5. The second kappa shape index (κ2) is 8.13. The second-order valence-corrected chi connectivity index (χ2v) is 8.15. The summed E-state index contributed by atoms with van der Waals surface area (Å²) >= 11 is 1.34. The van der Waals surface area contributed by atoms with E-state index in [1.165, 1.54) is 23.0 Å². The minimum atomic E-state index is -0.369. The van der Waals surface area contributed by atoms with E-state index in [0.717, 1.165) is 21.4 Å². The van der Waals surface area contributed by atoms with Crippen LogP contribution in [-0.2, 0) is 17.8 Å². The molecule has 0 unspecified atom stereocenters. The van der Waals surface area contributed by atoms with E-state index < -0.39 is 0 Å². The number of hydrogen-bond acceptors (Lipinski definition) is 3. The summed E-state index contributed by atoms with van der Waals surface area (Å²) in [5.74, 6) is -0.428. The van der Waals surface area contributed by atoms with Crippen LogP contribution in [0, 0.1) is 19.7 Å². The summed E-state index contributed by atoms with van der Waals surface area (Å²) in [6.07, 6.45) is 0.270. The van der Waals surface area contributed by atoms with Gasteiger partial charge in [-0.05, 0) is 48.2 Å². The molecule has 0 spiro atoms. The number of aromatic nitrogens is 1. The maximum absolute atomic E-state index is 14.2. The summed E-state index contributed by atoms with van der Waals surface area (Å²) in [5, 5.41) is 0.516. The number of benzene rings is 3. The van der Waals surface area contributed by atoms with Gasteiger partial charge in [-0.3, -0.25) is 9.69 Å². The highest BCUT2D eigenvalue weighted by molar-refractivity contribution is 7.22. The quantitative estimate of drug-likeness (QED) is 0.419. The molecule has 29 heavy (non-hydrogen) atoms. The number of aryl methyl sites for hydroxylation is 2. The number of carbonyl (C=O) groups is 1. The molecule has 3 nitrogen and oxygen atoms in total. The molecule has 0 saturated heterocycles. The van der Waals surface area contributed by atoms with Gasteiger partial charge in [-0.1, -0.05) is 65.9 Å². The van der Waals surface area contributed by atoms with Crippen LogP contribution in [0.1, 0.15) is 22.3 Å². The molecule has 5 heteroatoms. The Morgan fingerprint density at radius 3 is 2.48 bits per heavy atom. The van der Waals surface area contributed by atoms with Gasteiger partial charge in [-0.15, -0.1) is 0 Å². The van der Waals surface area contributed by atoms with Crippen LogP contribution in [0.3, 0.4) is 0 Å². The molecule has 1 aromatic heterocycles. The first-order valence-corrected chi connectivity index (χ1v) is 10.3. The zero-order chi connectivity index (χ0) is 20.4. The highest BCUT2D eigenvalue weighted by atomic mass is 32.1. The molecule has 0 aliphatic heterocycles. The van der Waals surface area contributed by atoms with Gasteiger partial charge in [0.25, 0.3) is 0 Å². The van der Waals surface area contributed by atoms with Crippen LogP contribution in [0.2, 0.25) is 0 Å². The third-order valence-corrected chi connectivity index (χ3v) is 6.04. The molecule has 0 aliphatic rings. The van der Waals surface area contributed by atoms with Crippen molar-refractivity contribution in [2.45, 2.75) is 26.8 Å². The van der Waals surface area contributed by atoms with Crippen LogP contribution in [0.25, 0.3) is 10.2 Å². The van der Waals surface area contributed by atoms with Gasteiger partial charge in [0.15, 0.2) is 5.13 Å². The van der Waals surface area contributed by atoms with E-state index in [9.17, 15) is 9.18 Å². The number of anilines is 1. The zero-order valence-corrected chi connectivity index (χ0v) is 17.2. The Bertz CT molecular complexity index is 1170. The third-order valence-electron chi connectivity index (χ3n) is 5.00. The molecule has 1 heterocycles. The molecular weight excluding hydrogens is 383 g/mol. The van der Waals surface area contributed by atoms with Crippen molar-refractivity contribution < 1.29 is 9.18 Å². The summed E-state index contributed by atoms with van der Waals surface area (Å²) < 4.78 is 14.9. The first-order chi connectivity index (χ1) is 14.0. The van der Waals surface area contributed by atoms with Crippen LogP contribution in [0.4, 0.5) is 9.52 Å². The van der Waals surface area contributed by atoms with Crippen molar-refractivity contribution in [1.82, 2.24) is 4.98 Å². The van der Waals surface area contributed by atoms with Crippen LogP contribution in [-0.4, -0.2) is 10.9 Å². The average molecular weight is 405 g/mol. The van der Waals surface area contributed by atoms with Crippen molar-refractivity contribution in [3.8, 4) is 0 Å². The highest BCUT2D eigenvalue weighted by Crippen LogP contribution is 2.31. The lowest BCUT2D eigenvalue weighted by Crippen LogP contribution is -2.31. The van der Waals surface area contributed by atoms with Crippen molar-refractivity contribution >= 4 is 32.6 Å². The Hall–Kier alpha value is -3.05. The average Bonchev–Trinajstić information content (AvgIpc) is 3.15. The smallest absolute Gasteiger partial charge is 0.233 e. The molecule has 146 valence electrons. The normalized spacial score (nSPS) is 11.0. The third kappa shape index (κ3) is 4.20. The van der Waals surface area contributed by atoms with E-state index >= 15 is 0 Å². The molecule has 3 aromatic carbocycles. The fourth-order valence-electron chi connectivity index (χ4n) is 3.23. The second-order valence-electron chi connectivity index (χ2n) is 7.14. The molecule has 0 saturated carbocycles. The number of carbonyl (C=O) groups excluding carboxylic acids is 1. The van der Waals surface area contributed by atoms with Crippen molar-refractivity contribution in [2.24, 2.45) is 0 Å². The van der Waals surface area contributed by atoms with E-state index in [2.05, 4.69) is 11.9 Å². The fraction of sp³-hybridized carbons (Fsp3) is 0.167. The Balaban J connectivity index is 1.69. The van der Waals surface area contributed by atoms with Gasteiger partial charge in [0, 0.05) is 0 Å². The Labute approximate surface area is 173 Å². The predicted octanol–water partition coefficient (Wildman–Crippen LogP) is 5.83. The van der Waals surface area contributed by atoms with E-state index in [1.54, 1.807) is 11.0 Å². The summed E-state index contributed by atoms with van der Waals surface area (Å²) in [5.41, 5.74) is 4.63. The van der Waals surface area contributed by atoms with Gasteiger partial charge in [-0.25, -0.2) is 9.37 Å². The number of thiazole rings is 1. The molecule has 0 fully saturated rings. The number of para-hydroxylation sites is 1. The van der Waals surface area contributed by atoms with E-state index in [1.807, 2.05) is 61.5 Å². The van der Waals surface area contributed by atoms with E-state index in [-0.39, 0.29) is 18.1 Å². The van der Waals surface area contributed by atoms with Gasteiger partial charge >= 0.3 is 0 Å². The van der Waals surface area contributed by atoms with Gasteiger partial charge in [0.05, 0.1) is 17.7 Å². The number of amides is 1. The lowest BCUT2D eigenvalue weighted by atomic mass is 10.0. The Morgan fingerprint density at radius 1 is 0.966 bits per heavy atom. The van der Waals surface area contributed by atoms with Crippen LogP contribution >= 0.6 is 11.3 Å². The molecule has 4 rings (SSSR count). The van der Waals surface area contributed by atoms with Crippen molar-refractivity contribution in [1.29, 1.82) is 0 Å². The standard InChI is InChI=1S/C24H21FN2OS/c1-16-11-12-19(13-17(16)2)14-22(28)27(15-18-7-4-3-5-8-18)24-26-23-20(25)9-6-10-21(23)29-24/h3-13H,14-15H2,1-2H3. The Morgan fingerprint density at radius 2 is 1.76 bits per heavy atom. The predicted molar refractivity (Wildman–Crippen MR) is 117 cm³/mol. The van der Waals surface area contributed by atoms with Crippen molar-refractivity contribution in [3.05, 3.63) is 94.8 Å². The number of nitrogens with zero attached hydrogens (tertiary/aromatic N) is 2. The summed E-state index contributed by atoms with van der Waals surface area (Å²) in [4.78, 5) is 19.4. The maximum atomic E-state index is 14.2. The minimum Gasteiger partial charge on any atom is -0.283 e. The molecule has 4 aromatic rings. The SMILES string of the molecule is Cc1ccc(CC(=O)N(Cc2ccccc2)c2nc3c(F)cccc3s2)cc1C. The van der Waals surface area contributed by atoms with Crippen molar-refractivity contribution in [2.75, 3.05) is 4.90 Å². The number of halogens is 1. The molecule has 0 N–H and O–H groups in total. The molecule has 1 amide bonds. The van der Waals surface area contributed by atoms with Crippen LogP contribution in [0.5, 0.6) is 0 Å². The van der Waals surface area contributed by atoms with E-state index in [0.29, 0.717) is 17.2 Å². The molecule has 0 radical (unpaired) electrons. The number of fused-ring (bicyclic) bond motifs is 1. The lowest BCUT2D eigenvalue weighted by molar-refractivity contribution is -0.118. The lowest BCUT2D eigenvalue weighted by Gasteiger charge is -2.20. The van der Waals surface area contributed by atoms with Crippen molar-refractivity contribution in [3.63, 3.8) is 0 Å². The topological polar surface area (TPSA) is 33.2 Å². The van der Waals surface area contributed by atoms with Gasteiger partial charge < -0.3 is 0 Å². The molecular formula is C24H21FN2OS. The molecule has 0 bridgehead atoms. The van der Waals surface area contributed by atoms with Crippen LogP contribution in [0.15, 0.2) is 66.7 Å². The molecule has 0 aliphatic carbocycles. The highest BCUT2D eigenvalue weighted by Gasteiger charge is 2.21. The maximum Gasteiger partial charge on any atom is 0.233 e. The van der Waals surface area contributed by atoms with Gasteiger partial charge in [0.2, 0.25) is 5.91 Å². The van der Waals surface area contributed by atoms with Crippen LogP contribution < -0.4 is 4.90 Å². The zero-order valence-electron chi connectivity index (χ0n) is 16.4. The number of hydrogen-bond donors (Lipinski definition) is 0.